The first-order valence-corrected chi connectivity index (χ1v) is 8.81. The highest BCUT2D eigenvalue weighted by Crippen LogP contribution is 2.30. The number of rotatable bonds is 3. The Morgan fingerprint density at radius 1 is 1.31 bits per heavy atom. The minimum Gasteiger partial charge on any atom is -0.349 e. The van der Waals surface area contributed by atoms with Crippen LogP contribution in [0.2, 0.25) is 0 Å². The molecule has 1 atom stereocenters. The number of amides is 2. The van der Waals surface area contributed by atoms with Gasteiger partial charge in [-0.2, -0.15) is 5.26 Å². The van der Waals surface area contributed by atoms with Gasteiger partial charge < -0.3 is 14.8 Å². The molecule has 3 heterocycles. The van der Waals surface area contributed by atoms with Crippen LogP contribution in [-0.4, -0.2) is 45.9 Å². The molecule has 2 amide bonds. The topological polar surface area (TPSA) is 91.0 Å². The van der Waals surface area contributed by atoms with E-state index in [1.807, 2.05) is 21.6 Å². The summed E-state index contributed by atoms with van der Waals surface area (Å²) in [5.74, 6) is 0.456. The van der Waals surface area contributed by atoms with Gasteiger partial charge in [-0.25, -0.2) is 4.98 Å². The van der Waals surface area contributed by atoms with Crippen LogP contribution < -0.4 is 5.32 Å². The molecule has 7 heteroatoms. The molecule has 0 radical (unpaired) electrons. The second-order valence-electron chi connectivity index (χ2n) is 6.65. The van der Waals surface area contributed by atoms with Gasteiger partial charge >= 0.3 is 0 Å². The van der Waals surface area contributed by atoms with E-state index in [0.29, 0.717) is 35.6 Å². The Morgan fingerprint density at radius 2 is 2.08 bits per heavy atom. The fourth-order valence-corrected chi connectivity index (χ4v) is 3.73. The van der Waals surface area contributed by atoms with Crippen molar-refractivity contribution in [3.8, 4) is 17.5 Å². The molecular weight excluding hydrogens is 330 g/mol. The molecule has 132 valence electrons. The maximum absolute atomic E-state index is 12.6. The van der Waals surface area contributed by atoms with Crippen LogP contribution in [0.1, 0.15) is 41.4 Å². The summed E-state index contributed by atoms with van der Waals surface area (Å²) in [5.41, 5.74) is 1.60. The first-order chi connectivity index (χ1) is 12.7. The molecule has 0 bridgehead atoms. The van der Waals surface area contributed by atoms with Crippen molar-refractivity contribution in [1.82, 2.24) is 19.8 Å². The molecule has 1 unspecified atom stereocenters. The van der Waals surface area contributed by atoms with Crippen LogP contribution >= 0.6 is 0 Å². The summed E-state index contributed by atoms with van der Waals surface area (Å²) in [6, 6.07) is 9.14. The van der Waals surface area contributed by atoms with Crippen molar-refractivity contribution in [2.45, 2.75) is 25.3 Å². The number of imidazole rings is 1. The normalized spacial score (nSPS) is 19.0. The smallest absolute Gasteiger partial charge is 0.269 e. The Morgan fingerprint density at radius 3 is 2.85 bits per heavy atom. The third-order valence-electron chi connectivity index (χ3n) is 5.05. The van der Waals surface area contributed by atoms with Gasteiger partial charge in [0.15, 0.2) is 0 Å². The van der Waals surface area contributed by atoms with Gasteiger partial charge in [0.05, 0.1) is 23.9 Å². The number of benzene rings is 1. The van der Waals surface area contributed by atoms with E-state index in [1.165, 1.54) is 6.20 Å². The number of nitriles is 1. The maximum atomic E-state index is 12.6. The van der Waals surface area contributed by atoms with E-state index in [4.69, 9.17) is 0 Å². The number of carbonyl (C=O) groups excluding carboxylic acids is 2. The lowest BCUT2D eigenvalue weighted by Gasteiger charge is -2.28. The number of hydrogen-bond acceptors (Lipinski definition) is 4. The van der Waals surface area contributed by atoms with Crippen LogP contribution in [0.5, 0.6) is 0 Å². The Balaban J connectivity index is 1.72. The van der Waals surface area contributed by atoms with Gasteiger partial charge in [-0.05, 0) is 25.0 Å². The van der Waals surface area contributed by atoms with E-state index in [0.717, 1.165) is 25.9 Å². The molecule has 0 aliphatic carbocycles. The highest BCUT2D eigenvalue weighted by atomic mass is 16.2. The highest BCUT2D eigenvalue weighted by Gasteiger charge is 2.32. The molecule has 2 aliphatic heterocycles. The third-order valence-corrected chi connectivity index (χ3v) is 5.05. The number of nitrogens with zero attached hydrogens (tertiary/aromatic N) is 4. The fraction of sp³-hybridized carbons (Fsp3) is 0.368. The van der Waals surface area contributed by atoms with E-state index < -0.39 is 0 Å². The molecule has 26 heavy (non-hydrogen) atoms. The number of nitrogens with one attached hydrogen (secondary N) is 1. The Labute approximate surface area is 151 Å². The standard InChI is InChI=1S/C19H19N5O2/c20-10-13-5-1-2-6-15(13)18-21-12-16-19(26)22-11-14(24(16)18)9-17(25)23-7-3-4-8-23/h1-2,5-6,12,14H,3-4,7-9,11H2,(H,22,26). The molecular formula is C19H19N5O2. The summed E-state index contributed by atoms with van der Waals surface area (Å²) in [6.45, 7) is 1.99. The molecule has 1 aromatic heterocycles. The van der Waals surface area contributed by atoms with Gasteiger partial charge in [-0.1, -0.05) is 12.1 Å². The van der Waals surface area contributed by atoms with Crippen molar-refractivity contribution >= 4 is 11.8 Å². The third kappa shape index (κ3) is 2.73. The SMILES string of the molecule is N#Cc1ccccc1-c1ncc2n1C(CC(=O)N1CCCC1)CNC2=O. The van der Waals surface area contributed by atoms with Crippen LogP contribution in [0.25, 0.3) is 11.4 Å². The first-order valence-electron chi connectivity index (χ1n) is 8.81. The van der Waals surface area contributed by atoms with Crippen molar-refractivity contribution < 1.29 is 9.59 Å². The monoisotopic (exact) mass is 349 g/mol. The molecule has 1 saturated heterocycles. The molecule has 7 nitrogen and oxygen atoms in total. The lowest BCUT2D eigenvalue weighted by molar-refractivity contribution is -0.131. The second kappa shape index (κ2) is 6.64. The second-order valence-corrected chi connectivity index (χ2v) is 6.65. The van der Waals surface area contributed by atoms with Gasteiger partial charge in [0.2, 0.25) is 5.91 Å². The Bertz CT molecular complexity index is 905. The lowest BCUT2D eigenvalue weighted by atomic mass is 10.1. The minimum atomic E-state index is -0.208. The zero-order valence-corrected chi connectivity index (χ0v) is 14.3. The Hall–Kier alpha value is -3.14. The molecule has 1 fully saturated rings. The molecule has 1 aromatic carbocycles. The zero-order chi connectivity index (χ0) is 18.1. The van der Waals surface area contributed by atoms with Gasteiger partial charge in [-0.3, -0.25) is 9.59 Å². The van der Waals surface area contributed by atoms with E-state index in [1.54, 1.807) is 12.1 Å². The molecule has 2 aromatic rings. The van der Waals surface area contributed by atoms with Crippen LogP contribution in [0, 0.1) is 11.3 Å². The number of hydrogen-bond donors (Lipinski definition) is 1. The maximum Gasteiger partial charge on any atom is 0.269 e. The number of carbonyl (C=O) groups is 2. The summed E-state index contributed by atoms with van der Waals surface area (Å²) < 4.78 is 1.82. The van der Waals surface area contributed by atoms with Crippen LogP contribution in [0.3, 0.4) is 0 Å². The predicted molar refractivity (Wildman–Crippen MR) is 94.2 cm³/mol. The average Bonchev–Trinajstić information content (AvgIpc) is 3.34. The predicted octanol–water partition coefficient (Wildman–Crippen LogP) is 1.72. The quantitative estimate of drug-likeness (QED) is 0.913. The fourth-order valence-electron chi connectivity index (χ4n) is 3.73. The molecule has 4 rings (SSSR count). The summed E-state index contributed by atoms with van der Waals surface area (Å²) in [4.78, 5) is 31.2. The van der Waals surface area contributed by atoms with Crippen molar-refractivity contribution in [3.63, 3.8) is 0 Å². The zero-order valence-electron chi connectivity index (χ0n) is 14.3. The molecule has 1 N–H and O–H groups in total. The van der Waals surface area contributed by atoms with Crippen molar-refractivity contribution in [1.29, 1.82) is 5.26 Å². The van der Waals surface area contributed by atoms with Crippen molar-refractivity contribution in [2.75, 3.05) is 19.6 Å². The summed E-state index contributed by atoms with van der Waals surface area (Å²) in [7, 11) is 0. The number of aromatic nitrogens is 2. The van der Waals surface area contributed by atoms with E-state index in [-0.39, 0.29) is 17.9 Å². The van der Waals surface area contributed by atoms with Gasteiger partial charge in [0, 0.05) is 31.6 Å². The summed E-state index contributed by atoms with van der Waals surface area (Å²) >= 11 is 0. The van der Waals surface area contributed by atoms with E-state index >= 15 is 0 Å². The van der Waals surface area contributed by atoms with Gasteiger partial charge in [-0.15, -0.1) is 0 Å². The van der Waals surface area contributed by atoms with Gasteiger partial charge in [0.1, 0.15) is 11.5 Å². The molecule has 0 saturated carbocycles. The van der Waals surface area contributed by atoms with Crippen LogP contribution in [0.4, 0.5) is 0 Å². The van der Waals surface area contributed by atoms with E-state index in [2.05, 4.69) is 16.4 Å². The average molecular weight is 349 g/mol. The summed E-state index contributed by atoms with van der Waals surface area (Å²) in [5, 5.41) is 12.2. The largest absolute Gasteiger partial charge is 0.349 e. The highest BCUT2D eigenvalue weighted by molar-refractivity contribution is 5.94. The molecule has 2 aliphatic rings. The number of fused-ring (bicyclic) bond motifs is 1. The van der Waals surface area contributed by atoms with Crippen molar-refractivity contribution in [2.24, 2.45) is 0 Å². The Kier molecular flexibility index (Phi) is 4.17. The van der Waals surface area contributed by atoms with Crippen LogP contribution in [0.15, 0.2) is 30.5 Å². The lowest BCUT2D eigenvalue weighted by Crippen LogP contribution is -2.41. The first kappa shape index (κ1) is 16.3. The van der Waals surface area contributed by atoms with Crippen molar-refractivity contribution in [3.05, 3.63) is 41.7 Å². The van der Waals surface area contributed by atoms with E-state index in [9.17, 15) is 14.9 Å². The minimum absolute atomic E-state index is 0.0998. The number of likely N-dealkylation sites (tertiary alicyclic amines) is 1. The van der Waals surface area contributed by atoms with Gasteiger partial charge in [0.25, 0.3) is 5.91 Å². The molecule has 0 spiro atoms. The summed E-state index contributed by atoms with van der Waals surface area (Å²) in [6.07, 6.45) is 3.92. The van der Waals surface area contributed by atoms with Crippen LogP contribution in [-0.2, 0) is 4.79 Å².